The van der Waals surface area contributed by atoms with Gasteiger partial charge in [0, 0.05) is 12.5 Å². The second-order valence-corrected chi connectivity index (χ2v) is 2.69. The fourth-order valence-electron chi connectivity index (χ4n) is 1.06. The summed E-state index contributed by atoms with van der Waals surface area (Å²) in [5.74, 6) is 1.01. The third-order valence-electron chi connectivity index (χ3n) is 1.73. The number of rotatable bonds is 4. The molecule has 0 unspecified atom stereocenters. The third-order valence-corrected chi connectivity index (χ3v) is 1.73. The Morgan fingerprint density at radius 2 is 2.27 bits per heavy atom. The van der Waals surface area contributed by atoms with E-state index < -0.39 is 0 Å². The Hall–Kier alpha value is -0.920. The molecule has 0 saturated carbocycles. The quantitative estimate of drug-likeness (QED) is 0.676. The lowest BCUT2D eigenvalue weighted by Gasteiger charge is -1.95. The molecule has 1 N–H and O–H groups in total. The lowest BCUT2D eigenvalue weighted by molar-refractivity contribution is 0.426. The van der Waals surface area contributed by atoms with E-state index in [1.807, 2.05) is 0 Å². The molecule has 1 aromatic rings. The minimum atomic E-state index is 0.293. The van der Waals surface area contributed by atoms with Crippen LogP contribution in [0.2, 0.25) is 0 Å². The maximum Gasteiger partial charge on any atom is 0.156 e. The summed E-state index contributed by atoms with van der Waals surface area (Å²) in [4.78, 5) is 0. The number of furan rings is 1. The molecule has 0 saturated heterocycles. The SMILES string of the molecule is CCCCCc1occc1O. The van der Waals surface area contributed by atoms with Crippen molar-refractivity contribution >= 4 is 0 Å². The zero-order chi connectivity index (χ0) is 8.10. The molecule has 0 radical (unpaired) electrons. The van der Waals surface area contributed by atoms with Gasteiger partial charge in [-0.15, -0.1) is 0 Å². The van der Waals surface area contributed by atoms with Crippen molar-refractivity contribution in [1.82, 2.24) is 0 Å². The average Bonchev–Trinajstić information content (AvgIpc) is 2.37. The van der Waals surface area contributed by atoms with Crippen molar-refractivity contribution in [2.75, 3.05) is 0 Å². The molecule has 0 fully saturated rings. The molecule has 1 rings (SSSR count). The smallest absolute Gasteiger partial charge is 0.156 e. The number of aryl methyl sites for hydroxylation is 1. The van der Waals surface area contributed by atoms with Gasteiger partial charge in [-0.1, -0.05) is 19.8 Å². The van der Waals surface area contributed by atoms with Crippen LogP contribution in [-0.2, 0) is 6.42 Å². The molecular weight excluding hydrogens is 140 g/mol. The normalized spacial score (nSPS) is 10.3. The molecule has 1 aromatic heterocycles. The van der Waals surface area contributed by atoms with Crippen LogP contribution in [0.15, 0.2) is 16.7 Å². The lowest BCUT2D eigenvalue weighted by atomic mass is 10.2. The van der Waals surface area contributed by atoms with E-state index in [0.29, 0.717) is 5.75 Å². The fourth-order valence-corrected chi connectivity index (χ4v) is 1.06. The van der Waals surface area contributed by atoms with Gasteiger partial charge in [-0.3, -0.25) is 0 Å². The van der Waals surface area contributed by atoms with E-state index >= 15 is 0 Å². The Morgan fingerprint density at radius 1 is 1.45 bits per heavy atom. The van der Waals surface area contributed by atoms with Crippen molar-refractivity contribution in [3.63, 3.8) is 0 Å². The molecule has 0 bridgehead atoms. The van der Waals surface area contributed by atoms with Gasteiger partial charge in [0.2, 0.25) is 0 Å². The second-order valence-electron chi connectivity index (χ2n) is 2.69. The highest BCUT2D eigenvalue weighted by molar-refractivity contribution is 5.22. The van der Waals surface area contributed by atoms with Crippen molar-refractivity contribution in [2.45, 2.75) is 32.6 Å². The summed E-state index contributed by atoms with van der Waals surface area (Å²) in [5.41, 5.74) is 0. The molecular formula is C9H14O2. The highest BCUT2D eigenvalue weighted by Crippen LogP contribution is 2.19. The van der Waals surface area contributed by atoms with E-state index in [9.17, 15) is 0 Å². The molecule has 0 amide bonds. The summed E-state index contributed by atoms with van der Waals surface area (Å²) in [6, 6.07) is 1.58. The minimum absolute atomic E-state index is 0.293. The van der Waals surface area contributed by atoms with E-state index in [0.717, 1.165) is 18.6 Å². The maximum absolute atomic E-state index is 9.16. The number of unbranched alkanes of at least 4 members (excludes halogenated alkanes) is 2. The highest BCUT2D eigenvalue weighted by Gasteiger charge is 2.02. The van der Waals surface area contributed by atoms with Crippen molar-refractivity contribution in [2.24, 2.45) is 0 Å². The Morgan fingerprint density at radius 3 is 2.82 bits per heavy atom. The molecule has 0 spiro atoms. The van der Waals surface area contributed by atoms with E-state index in [4.69, 9.17) is 9.52 Å². The molecule has 2 nitrogen and oxygen atoms in total. The Balaban J connectivity index is 2.32. The van der Waals surface area contributed by atoms with Crippen LogP contribution in [0.4, 0.5) is 0 Å². The molecule has 0 aromatic carbocycles. The molecule has 1 heterocycles. The van der Waals surface area contributed by atoms with Crippen LogP contribution < -0.4 is 0 Å². The average molecular weight is 154 g/mol. The first kappa shape index (κ1) is 8.18. The summed E-state index contributed by atoms with van der Waals surface area (Å²) < 4.78 is 5.06. The Bertz CT molecular complexity index is 203. The lowest BCUT2D eigenvalue weighted by Crippen LogP contribution is -1.81. The molecule has 11 heavy (non-hydrogen) atoms. The van der Waals surface area contributed by atoms with Crippen LogP contribution in [0.1, 0.15) is 31.9 Å². The largest absolute Gasteiger partial charge is 0.504 e. The van der Waals surface area contributed by atoms with Gasteiger partial charge >= 0.3 is 0 Å². The monoisotopic (exact) mass is 154 g/mol. The number of hydrogen-bond acceptors (Lipinski definition) is 2. The van der Waals surface area contributed by atoms with Gasteiger partial charge in [-0.2, -0.15) is 0 Å². The Kier molecular flexibility index (Phi) is 3.02. The van der Waals surface area contributed by atoms with Crippen LogP contribution in [0.3, 0.4) is 0 Å². The van der Waals surface area contributed by atoms with E-state index in [1.54, 1.807) is 6.07 Å². The second kappa shape index (κ2) is 4.06. The van der Waals surface area contributed by atoms with Gasteiger partial charge in [0.05, 0.1) is 6.26 Å². The van der Waals surface area contributed by atoms with Crippen LogP contribution in [-0.4, -0.2) is 5.11 Å². The van der Waals surface area contributed by atoms with E-state index in [2.05, 4.69) is 6.92 Å². The standard InChI is InChI=1S/C9H14O2/c1-2-3-4-5-9-8(10)6-7-11-9/h6-7,10H,2-5H2,1H3. The van der Waals surface area contributed by atoms with Crippen molar-refractivity contribution in [3.05, 3.63) is 18.1 Å². The predicted molar refractivity (Wildman–Crippen MR) is 43.6 cm³/mol. The summed E-state index contributed by atoms with van der Waals surface area (Å²) >= 11 is 0. The van der Waals surface area contributed by atoms with Crippen LogP contribution in [0, 0.1) is 0 Å². The van der Waals surface area contributed by atoms with Gasteiger partial charge in [0.25, 0.3) is 0 Å². The van der Waals surface area contributed by atoms with Crippen LogP contribution >= 0.6 is 0 Å². The first-order chi connectivity index (χ1) is 5.34. The fraction of sp³-hybridized carbons (Fsp3) is 0.556. The van der Waals surface area contributed by atoms with Crippen molar-refractivity contribution in [1.29, 1.82) is 0 Å². The van der Waals surface area contributed by atoms with Crippen LogP contribution in [0.25, 0.3) is 0 Å². The van der Waals surface area contributed by atoms with Crippen molar-refractivity contribution < 1.29 is 9.52 Å². The summed E-state index contributed by atoms with van der Waals surface area (Å²) in [6.07, 6.45) is 5.86. The van der Waals surface area contributed by atoms with Gasteiger partial charge in [-0.05, 0) is 6.42 Å². The van der Waals surface area contributed by atoms with Gasteiger partial charge in [0.15, 0.2) is 5.75 Å². The maximum atomic E-state index is 9.16. The summed E-state index contributed by atoms with van der Waals surface area (Å²) in [7, 11) is 0. The molecule has 0 aliphatic heterocycles. The predicted octanol–water partition coefficient (Wildman–Crippen LogP) is 2.72. The molecule has 0 aliphatic carbocycles. The van der Waals surface area contributed by atoms with E-state index in [1.165, 1.54) is 19.1 Å². The molecule has 0 atom stereocenters. The molecule has 0 aliphatic rings. The molecule has 62 valence electrons. The van der Waals surface area contributed by atoms with E-state index in [-0.39, 0.29) is 0 Å². The minimum Gasteiger partial charge on any atom is -0.504 e. The molecule has 2 heteroatoms. The number of hydrogen-bond donors (Lipinski definition) is 1. The number of aromatic hydroxyl groups is 1. The summed E-state index contributed by atoms with van der Waals surface area (Å²) in [5, 5.41) is 9.16. The van der Waals surface area contributed by atoms with Gasteiger partial charge < -0.3 is 9.52 Å². The first-order valence-electron chi connectivity index (χ1n) is 4.10. The van der Waals surface area contributed by atoms with Gasteiger partial charge in [0.1, 0.15) is 5.76 Å². The van der Waals surface area contributed by atoms with Crippen LogP contribution in [0.5, 0.6) is 5.75 Å². The highest BCUT2D eigenvalue weighted by atomic mass is 16.4. The zero-order valence-electron chi connectivity index (χ0n) is 6.84. The first-order valence-corrected chi connectivity index (χ1v) is 4.10. The Labute approximate surface area is 66.8 Å². The zero-order valence-corrected chi connectivity index (χ0v) is 6.84. The van der Waals surface area contributed by atoms with Gasteiger partial charge in [-0.25, -0.2) is 0 Å². The third kappa shape index (κ3) is 2.30. The summed E-state index contributed by atoms with van der Waals surface area (Å²) in [6.45, 7) is 2.15. The topological polar surface area (TPSA) is 33.4 Å². The van der Waals surface area contributed by atoms with Crippen molar-refractivity contribution in [3.8, 4) is 5.75 Å².